The third-order valence-electron chi connectivity index (χ3n) is 1.68. The van der Waals surface area contributed by atoms with Crippen molar-refractivity contribution in [2.24, 2.45) is 0 Å². The standard InChI is InChI=1S/C8H14ClN3O2S2/c1-5(2)10-8-11-6(9)7(15-8)16(13,14)12(3)4/h5H,1-4H3,(H,10,11). The molecule has 0 unspecified atom stereocenters. The molecule has 0 aromatic carbocycles. The van der Waals surface area contributed by atoms with Crippen LogP contribution in [-0.4, -0.2) is 37.8 Å². The lowest BCUT2D eigenvalue weighted by molar-refractivity contribution is 0.523. The first-order chi connectivity index (χ1) is 7.25. The number of sulfonamides is 1. The van der Waals surface area contributed by atoms with E-state index in [9.17, 15) is 8.42 Å². The second kappa shape index (κ2) is 4.87. The van der Waals surface area contributed by atoms with Crippen molar-refractivity contribution in [2.45, 2.75) is 24.1 Å². The largest absolute Gasteiger partial charge is 0.359 e. The first kappa shape index (κ1) is 13.7. The highest BCUT2D eigenvalue weighted by Gasteiger charge is 2.25. The summed E-state index contributed by atoms with van der Waals surface area (Å²) in [6.45, 7) is 3.88. The van der Waals surface area contributed by atoms with Gasteiger partial charge in [0.15, 0.2) is 14.5 Å². The summed E-state index contributed by atoms with van der Waals surface area (Å²) >= 11 is 6.85. The van der Waals surface area contributed by atoms with Crippen LogP contribution in [0.25, 0.3) is 0 Å². The number of anilines is 1. The first-order valence-electron chi connectivity index (χ1n) is 4.60. The minimum atomic E-state index is -3.51. The molecule has 1 N–H and O–H groups in total. The summed E-state index contributed by atoms with van der Waals surface area (Å²) in [4.78, 5) is 3.97. The Bertz CT molecular complexity index is 468. The Kier molecular flexibility index (Phi) is 4.17. The summed E-state index contributed by atoms with van der Waals surface area (Å²) in [6, 6.07) is 0.178. The van der Waals surface area contributed by atoms with Gasteiger partial charge in [-0.1, -0.05) is 22.9 Å². The maximum atomic E-state index is 11.8. The van der Waals surface area contributed by atoms with Crippen LogP contribution in [0, 0.1) is 0 Å². The number of nitrogens with one attached hydrogen (secondary N) is 1. The molecule has 0 aliphatic heterocycles. The zero-order valence-electron chi connectivity index (χ0n) is 9.48. The van der Waals surface area contributed by atoms with E-state index >= 15 is 0 Å². The van der Waals surface area contributed by atoms with Gasteiger partial charge in [0, 0.05) is 20.1 Å². The number of rotatable bonds is 4. The van der Waals surface area contributed by atoms with E-state index in [1.165, 1.54) is 14.1 Å². The van der Waals surface area contributed by atoms with Gasteiger partial charge in [0.1, 0.15) is 0 Å². The van der Waals surface area contributed by atoms with Crippen LogP contribution in [-0.2, 0) is 10.0 Å². The number of hydrogen-bond acceptors (Lipinski definition) is 5. The van der Waals surface area contributed by atoms with Crippen molar-refractivity contribution in [1.82, 2.24) is 9.29 Å². The van der Waals surface area contributed by atoms with Crippen molar-refractivity contribution in [3.05, 3.63) is 5.15 Å². The second-order valence-corrected chi connectivity index (χ2v) is 7.39. The third kappa shape index (κ3) is 2.85. The smallest absolute Gasteiger partial charge is 0.255 e. The molecule has 0 amide bonds. The van der Waals surface area contributed by atoms with Gasteiger partial charge in [0.25, 0.3) is 10.0 Å². The zero-order valence-corrected chi connectivity index (χ0v) is 11.9. The van der Waals surface area contributed by atoms with Crippen LogP contribution < -0.4 is 5.32 Å². The van der Waals surface area contributed by atoms with E-state index in [0.717, 1.165) is 15.6 Å². The second-order valence-electron chi connectivity index (χ2n) is 3.68. The van der Waals surface area contributed by atoms with Crippen LogP contribution in [0.2, 0.25) is 5.15 Å². The highest BCUT2D eigenvalue weighted by molar-refractivity contribution is 7.91. The zero-order chi connectivity index (χ0) is 12.5. The molecule has 0 spiro atoms. The molecular formula is C8H14ClN3O2S2. The van der Waals surface area contributed by atoms with E-state index in [1.807, 2.05) is 13.8 Å². The number of nitrogens with zero attached hydrogens (tertiary/aromatic N) is 2. The summed E-state index contributed by atoms with van der Waals surface area (Å²) in [6.07, 6.45) is 0. The normalized spacial score (nSPS) is 12.4. The van der Waals surface area contributed by atoms with Crippen LogP contribution >= 0.6 is 22.9 Å². The predicted molar refractivity (Wildman–Crippen MR) is 66.8 cm³/mol. The summed E-state index contributed by atoms with van der Waals surface area (Å²) in [5.41, 5.74) is 0. The Morgan fingerprint density at radius 2 is 2.00 bits per heavy atom. The molecule has 1 rings (SSSR count). The molecule has 0 aliphatic carbocycles. The molecule has 16 heavy (non-hydrogen) atoms. The maximum absolute atomic E-state index is 11.8. The summed E-state index contributed by atoms with van der Waals surface area (Å²) in [7, 11) is -0.587. The Morgan fingerprint density at radius 1 is 1.44 bits per heavy atom. The van der Waals surface area contributed by atoms with E-state index < -0.39 is 10.0 Å². The summed E-state index contributed by atoms with van der Waals surface area (Å²) in [5, 5.41) is 3.55. The van der Waals surface area contributed by atoms with Crippen molar-refractivity contribution in [2.75, 3.05) is 19.4 Å². The highest BCUT2D eigenvalue weighted by Crippen LogP contribution is 2.32. The average Bonchev–Trinajstić information content (AvgIpc) is 2.45. The molecule has 0 radical (unpaired) electrons. The SMILES string of the molecule is CC(C)Nc1nc(Cl)c(S(=O)(=O)N(C)C)s1. The quantitative estimate of drug-likeness (QED) is 0.916. The Morgan fingerprint density at radius 3 is 2.44 bits per heavy atom. The number of hydrogen-bond donors (Lipinski definition) is 1. The van der Waals surface area contributed by atoms with Gasteiger partial charge in [-0.2, -0.15) is 0 Å². The molecule has 8 heteroatoms. The third-order valence-corrected chi connectivity index (χ3v) is 5.47. The van der Waals surface area contributed by atoms with Crippen molar-refractivity contribution < 1.29 is 8.42 Å². The van der Waals surface area contributed by atoms with E-state index in [2.05, 4.69) is 10.3 Å². The lowest BCUT2D eigenvalue weighted by atomic mass is 10.4. The van der Waals surface area contributed by atoms with Gasteiger partial charge in [-0.05, 0) is 13.8 Å². The fourth-order valence-corrected chi connectivity index (χ4v) is 3.90. The van der Waals surface area contributed by atoms with E-state index in [4.69, 9.17) is 11.6 Å². The fraction of sp³-hybridized carbons (Fsp3) is 0.625. The number of halogens is 1. The van der Waals surface area contributed by atoms with Gasteiger partial charge < -0.3 is 5.32 Å². The molecule has 0 aliphatic rings. The monoisotopic (exact) mass is 283 g/mol. The van der Waals surface area contributed by atoms with Crippen molar-refractivity contribution >= 4 is 38.1 Å². The van der Waals surface area contributed by atoms with Crippen molar-refractivity contribution in [3.63, 3.8) is 0 Å². The Labute approximate surface area is 104 Å². The van der Waals surface area contributed by atoms with Crippen molar-refractivity contribution in [1.29, 1.82) is 0 Å². The van der Waals surface area contributed by atoms with Gasteiger partial charge >= 0.3 is 0 Å². The minimum Gasteiger partial charge on any atom is -0.359 e. The topological polar surface area (TPSA) is 62.3 Å². The van der Waals surface area contributed by atoms with E-state index in [-0.39, 0.29) is 15.4 Å². The maximum Gasteiger partial charge on any atom is 0.255 e. The van der Waals surface area contributed by atoms with Gasteiger partial charge in [-0.3, -0.25) is 0 Å². The minimum absolute atomic E-state index is 0.0156. The lowest BCUT2D eigenvalue weighted by Crippen LogP contribution is -2.21. The molecule has 0 bridgehead atoms. The van der Waals surface area contributed by atoms with Crippen LogP contribution in [0.1, 0.15) is 13.8 Å². The van der Waals surface area contributed by atoms with Crippen LogP contribution in [0.4, 0.5) is 5.13 Å². The van der Waals surface area contributed by atoms with Crippen LogP contribution in [0.5, 0.6) is 0 Å². The van der Waals surface area contributed by atoms with E-state index in [1.54, 1.807) is 0 Å². The van der Waals surface area contributed by atoms with Gasteiger partial charge in [0.2, 0.25) is 0 Å². The van der Waals surface area contributed by atoms with Gasteiger partial charge in [-0.15, -0.1) is 0 Å². The van der Waals surface area contributed by atoms with Gasteiger partial charge in [0.05, 0.1) is 0 Å². The van der Waals surface area contributed by atoms with Crippen molar-refractivity contribution in [3.8, 4) is 0 Å². The summed E-state index contributed by atoms with van der Waals surface area (Å²) < 4.78 is 24.9. The number of thiazole rings is 1. The molecule has 0 saturated carbocycles. The Hall–Kier alpha value is -0.370. The highest BCUT2D eigenvalue weighted by atomic mass is 35.5. The molecular weight excluding hydrogens is 270 g/mol. The molecule has 5 nitrogen and oxygen atoms in total. The van der Waals surface area contributed by atoms with E-state index in [0.29, 0.717) is 5.13 Å². The molecule has 1 aromatic heterocycles. The van der Waals surface area contributed by atoms with Crippen LogP contribution in [0.3, 0.4) is 0 Å². The van der Waals surface area contributed by atoms with Gasteiger partial charge in [-0.25, -0.2) is 17.7 Å². The van der Waals surface area contributed by atoms with Crippen LogP contribution in [0.15, 0.2) is 4.21 Å². The number of aromatic nitrogens is 1. The molecule has 0 fully saturated rings. The summed E-state index contributed by atoms with van der Waals surface area (Å²) in [5.74, 6) is 0. The lowest BCUT2D eigenvalue weighted by Gasteiger charge is -2.08. The fourth-order valence-electron chi connectivity index (χ4n) is 0.921. The molecule has 1 heterocycles. The molecule has 92 valence electrons. The molecule has 0 atom stereocenters. The average molecular weight is 284 g/mol. The predicted octanol–water partition coefficient (Wildman–Crippen LogP) is 1.87. The Balaban J connectivity index is 3.12. The first-order valence-corrected chi connectivity index (χ1v) is 7.24. The molecule has 0 saturated heterocycles. The molecule has 1 aromatic rings.